The van der Waals surface area contributed by atoms with Crippen LogP contribution in [0.25, 0.3) is 0 Å². The molecule has 1 heterocycles. The lowest BCUT2D eigenvalue weighted by molar-refractivity contribution is -0.122. The number of thioether (sulfide) groups is 1. The summed E-state index contributed by atoms with van der Waals surface area (Å²) in [6.45, 7) is 0.905. The summed E-state index contributed by atoms with van der Waals surface area (Å²) in [6.07, 6.45) is 0.381. The van der Waals surface area contributed by atoms with E-state index in [4.69, 9.17) is 0 Å². The van der Waals surface area contributed by atoms with Gasteiger partial charge in [-0.1, -0.05) is 24.3 Å². The van der Waals surface area contributed by atoms with Crippen LogP contribution >= 0.6 is 24.2 Å². The SMILES string of the molecule is Cl.O=C(CC1CSCCN1)NC(c1ccc(F)cc1)c1ccc(F)cc1. The van der Waals surface area contributed by atoms with Crippen molar-refractivity contribution in [1.29, 1.82) is 0 Å². The van der Waals surface area contributed by atoms with Crippen molar-refractivity contribution >= 4 is 30.1 Å². The normalized spacial score (nSPS) is 16.8. The molecule has 0 radical (unpaired) electrons. The maximum absolute atomic E-state index is 13.2. The van der Waals surface area contributed by atoms with Crippen LogP contribution in [0.5, 0.6) is 0 Å². The number of carbonyl (C=O) groups excluding carboxylic acids is 1. The summed E-state index contributed by atoms with van der Waals surface area (Å²) in [4.78, 5) is 12.5. The molecule has 1 unspecified atom stereocenters. The fourth-order valence-corrected chi connectivity index (χ4v) is 3.81. The molecule has 1 fully saturated rings. The second-order valence-electron chi connectivity index (χ2n) is 6.03. The van der Waals surface area contributed by atoms with Gasteiger partial charge in [-0.3, -0.25) is 4.79 Å². The summed E-state index contributed by atoms with van der Waals surface area (Å²) in [5, 5.41) is 6.34. The van der Waals surface area contributed by atoms with E-state index in [2.05, 4.69) is 10.6 Å². The fraction of sp³-hybridized carbons (Fsp3) is 0.316. The molecular weight excluding hydrogens is 378 g/mol. The van der Waals surface area contributed by atoms with Gasteiger partial charge in [-0.25, -0.2) is 8.78 Å². The third-order valence-corrected chi connectivity index (χ3v) is 5.27. The molecule has 3 rings (SSSR count). The van der Waals surface area contributed by atoms with Crippen LogP contribution in [0.4, 0.5) is 8.78 Å². The van der Waals surface area contributed by atoms with E-state index in [9.17, 15) is 13.6 Å². The van der Waals surface area contributed by atoms with Crippen molar-refractivity contribution in [2.75, 3.05) is 18.1 Å². The van der Waals surface area contributed by atoms with E-state index in [-0.39, 0.29) is 36.0 Å². The van der Waals surface area contributed by atoms with Gasteiger partial charge in [0, 0.05) is 30.5 Å². The zero-order valence-electron chi connectivity index (χ0n) is 14.1. The first-order chi connectivity index (χ1) is 12.1. The molecule has 0 bridgehead atoms. The average Bonchev–Trinajstić information content (AvgIpc) is 2.62. The summed E-state index contributed by atoms with van der Waals surface area (Å²) in [5.74, 6) is 1.21. The van der Waals surface area contributed by atoms with Crippen LogP contribution in [0.2, 0.25) is 0 Å². The Morgan fingerprint density at radius 3 is 2.08 bits per heavy atom. The predicted octanol–water partition coefficient (Wildman–Crippen LogP) is 3.69. The van der Waals surface area contributed by atoms with Crippen molar-refractivity contribution < 1.29 is 13.6 Å². The van der Waals surface area contributed by atoms with Gasteiger partial charge in [-0.05, 0) is 35.4 Å². The molecule has 2 aromatic carbocycles. The Morgan fingerprint density at radius 2 is 1.62 bits per heavy atom. The number of hydrogen-bond donors (Lipinski definition) is 2. The molecule has 1 saturated heterocycles. The Bertz CT molecular complexity index is 661. The number of carbonyl (C=O) groups is 1. The summed E-state index contributed by atoms with van der Waals surface area (Å²) in [7, 11) is 0. The number of amides is 1. The topological polar surface area (TPSA) is 41.1 Å². The van der Waals surface area contributed by atoms with Crippen molar-refractivity contribution in [2.24, 2.45) is 0 Å². The Kier molecular flexibility index (Phi) is 7.87. The van der Waals surface area contributed by atoms with Crippen molar-refractivity contribution in [1.82, 2.24) is 10.6 Å². The number of hydrogen-bond acceptors (Lipinski definition) is 3. The highest BCUT2D eigenvalue weighted by molar-refractivity contribution is 7.99. The maximum atomic E-state index is 13.2. The lowest BCUT2D eigenvalue weighted by Gasteiger charge is -2.25. The molecular formula is C19H21ClF2N2OS. The maximum Gasteiger partial charge on any atom is 0.222 e. The van der Waals surface area contributed by atoms with Crippen LogP contribution in [0.1, 0.15) is 23.6 Å². The van der Waals surface area contributed by atoms with Crippen LogP contribution in [0.3, 0.4) is 0 Å². The molecule has 0 aromatic heterocycles. The number of benzene rings is 2. The van der Waals surface area contributed by atoms with Crippen LogP contribution in [0.15, 0.2) is 48.5 Å². The monoisotopic (exact) mass is 398 g/mol. The van der Waals surface area contributed by atoms with Crippen LogP contribution in [-0.4, -0.2) is 30.0 Å². The Labute approximate surface area is 162 Å². The quantitative estimate of drug-likeness (QED) is 0.807. The summed E-state index contributed by atoms with van der Waals surface area (Å²) < 4.78 is 26.5. The fourth-order valence-electron chi connectivity index (χ4n) is 2.86. The molecule has 1 aliphatic heterocycles. The summed E-state index contributed by atoms with van der Waals surface area (Å²) in [5.41, 5.74) is 1.51. The number of nitrogens with one attached hydrogen (secondary N) is 2. The molecule has 0 aliphatic carbocycles. The molecule has 0 saturated carbocycles. The molecule has 1 amide bonds. The van der Waals surface area contributed by atoms with Gasteiger partial charge >= 0.3 is 0 Å². The third kappa shape index (κ3) is 5.69. The van der Waals surface area contributed by atoms with E-state index >= 15 is 0 Å². The van der Waals surface area contributed by atoms with Crippen molar-refractivity contribution in [3.63, 3.8) is 0 Å². The second-order valence-corrected chi connectivity index (χ2v) is 7.18. The van der Waals surface area contributed by atoms with Gasteiger partial charge in [-0.2, -0.15) is 11.8 Å². The predicted molar refractivity (Wildman–Crippen MR) is 104 cm³/mol. The van der Waals surface area contributed by atoms with Crippen LogP contribution in [0, 0.1) is 11.6 Å². The Hall–Kier alpha value is -1.63. The zero-order valence-corrected chi connectivity index (χ0v) is 15.7. The van der Waals surface area contributed by atoms with Gasteiger partial charge in [0.25, 0.3) is 0 Å². The van der Waals surface area contributed by atoms with E-state index in [0.717, 1.165) is 29.2 Å². The van der Waals surface area contributed by atoms with Crippen molar-refractivity contribution in [3.05, 3.63) is 71.3 Å². The zero-order chi connectivity index (χ0) is 17.6. The second kappa shape index (κ2) is 9.90. The standard InChI is InChI=1S/C19H20F2N2OS.ClH/c20-15-5-1-13(2-6-15)19(14-3-7-16(21)8-4-14)23-18(24)11-17-12-25-10-9-22-17;/h1-8,17,19,22H,9-12H2,(H,23,24);1H. The molecule has 1 atom stereocenters. The molecule has 0 spiro atoms. The number of rotatable bonds is 5. The van der Waals surface area contributed by atoms with Gasteiger partial charge < -0.3 is 10.6 Å². The summed E-state index contributed by atoms with van der Waals surface area (Å²) >= 11 is 1.83. The highest BCUT2D eigenvalue weighted by atomic mass is 35.5. The highest BCUT2D eigenvalue weighted by Gasteiger charge is 2.21. The van der Waals surface area contributed by atoms with E-state index in [1.165, 1.54) is 24.3 Å². The first-order valence-corrected chi connectivity index (χ1v) is 9.39. The first kappa shape index (κ1) is 20.7. The van der Waals surface area contributed by atoms with Gasteiger partial charge in [0.2, 0.25) is 5.91 Å². The van der Waals surface area contributed by atoms with E-state index < -0.39 is 6.04 Å². The third-order valence-electron chi connectivity index (χ3n) is 4.14. The molecule has 2 aromatic rings. The largest absolute Gasteiger partial charge is 0.345 e. The molecule has 1 aliphatic rings. The van der Waals surface area contributed by atoms with E-state index in [1.807, 2.05) is 11.8 Å². The highest BCUT2D eigenvalue weighted by Crippen LogP contribution is 2.23. The Balaban J connectivity index is 0.00000243. The smallest absolute Gasteiger partial charge is 0.222 e. The van der Waals surface area contributed by atoms with Gasteiger partial charge in [0.05, 0.1) is 6.04 Å². The lowest BCUT2D eigenvalue weighted by atomic mass is 9.98. The van der Waals surface area contributed by atoms with Crippen molar-refractivity contribution in [2.45, 2.75) is 18.5 Å². The Morgan fingerprint density at radius 1 is 1.08 bits per heavy atom. The molecule has 3 nitrogen and oxygen atoms in total. The lowest BCUT2D eigenvalue weighted by Crippen LogP contribution is -2.42. The van der Waals surface area contributed by atoms with Gasteiger partial charge in [-0.15, -0.1) is 12.4 Å². The average molecular weight is 399 g/mol. The molecule has 7 heteroatoms. The minimum Gasteiger partial charge on any atom is -0.345 e. The van der Waals surface area contributed by atoms with E-state index in [1.54, 1.807) is 24.3 Å². The molecule has 2 N–H and O–H groups in total. The summed E-state index contributed by atoms with van der Waals surface area (Å²) in [6, 6.07) is 11.7. The van der Waals surface area contributed by atoms with Crippen LogP contribution < -0.4 is 10.6 Å². The van der Waals surface area contributed by atoms with E-state index in [0.29, 0.717) is 6.42 Å². The molecule has 140 valence electrons. The minimum absolute atomic E-state index is 0. The van der Waals surface area contributed by atoms with Gasteiger partial charge in [0.1, 0.15) is 11.6 Å². The van der Waals surface area contributed by atoms with Crippen LogP contribution in [-0.2, 0) is 4.79 Å². The molecule has 26 heavy (non-hydrogen) atoms. The number of halogens is 3. The van der Waals surface area contributed by atoms with Gasteiger partial charge in [0.15, 0.2) is 0 Å². The van der Waals surface area contributed by atoms with Crippen molar-refractivity contribution in [3.8, 4) is 0 Å². The first-order valence-electron chi connectivity index (χ1n) is 8.23. The minimum atomic E-state index is -0.440.